The summed E-state index contributed by atoms with van der Waals surface area (Å²) in [5.41, 5.74) is 10.5. The van der Waals surface area contributed by atoms with Crippen LogP contribution >= 0.6 is 0 Å². The molecule has 4 N–H and O–H groups in total. The summed E-state index contributed by atoms with van der Waals surface area (Å²) in [5.74, 6) is 0.721. The number of nitrogens with zero attached hydrogens (tertiary/aromatic N) is 3. The molecule has 124 valence electrons. The van der Waals surface area contributed by atoms with Gasteiger partial charge >= 0.3 is 0 Å². The smallest absolute Gasteiger partial charge is 0.203 e. The molecule has 0 aliphatic carbocycles. The molecule has 0 bridgehead atoms. The topological polar surface area (TPSA) is 101 Å². The van der Waals surface area contributed by atoms with Gasteiger partial charge in [-0.1, -0.05) is 42.5 Å². The van der Waals surface area contributed by atoms with Crippen molar-refractivity contribution in [2.45, 2.75) is 12.3 Å². The summed E-state index contributed by atoms with van der Waals surface area (Å²) < 4.78 is 0. The highest BCUT2D eigenvalue weighted by atomic mass is 16.3. The van der Waals surface area contributed by atoms with Crippen molar-refractivity contribution < 1.29 is 5.11 Å². The first-order valence-corrected chi connectivity index (χ1v) is 8.00. The molecule has 25 heavy (non-hydrogen) atoms. The van der Waals surface area contributed by atoms with Gasteiger partial charge < -0.3 is 10.8 Å². The lowest BCUT2D eigenvalue weighted by molar-refractivity contribution is 0.475. The molecule has 2 aromatic heterocycles. The second kappa shape index (κ2) is 6.24. The van der Waals surface area contributed by atoms with Crippen molar-refractivity contribution in [3.8, 4) is 5.75 Å². The Bertz CT molecular complexity index is 995. The first kappa shape index (κ1) is 15.1. The first-order valence-electron chi connectivity index (χ1n) is 8.00. The highest BCUT2D eigenvalue weighted by Crippen LogP contribution is 2.33. The van der Waals surface area contributed by atoms with E-state index in [9.17, 15) is 5.11 Å². The van der Waals surface area contributed by atoms with Crippen molar-refractivity contribution in [1.29, 1.82) is 0 Å². The maximum absolute atomic E-state index is 9.53. The van der Waals surface area contributed by atoms with Crippen LogP contribution in [0.5, 0.6) is 5.75 Å². The minimum atomic E-state index is 0.0450. The third-order valence-corrected chi connectivity index (χ3v) is 4.29. The summed E-state index contributed by atoms with van der Waals surface area (Å²) in [4.78, 5) is 4.23. The molecule has 0 saturated heterocycles. The summed E-state index contributed by atoms with van der Waals surface area (Å²) in [5, 5.41) is 20.5. The third kappa shape index (κ3) is 3.01. The molecule has 1 unspecified atom stereocenters. The molecule has 0 aliphatic heterocycles. The number of aromatic amines is 1. The number of fused-ring (bicyclic) bond motifs is 1. The Balaban J connectivity index is 1.85. The number of aromatic hydroxyl groups is 1. The third-order valence-electron chi connectivity index (χ3n) is 4.29. The largest absolute Gasteiger partial charge is 0.508 e. The van der Waals surface area contributed by atoms with Crippen LogP contribution in [-0.2, 0) is 6.42 Å². The summed E-state index contributed by atoms with van der Waals surface area (Å²) >= 11 is 0. The van der Waals surface area contributed by atoms with Gasteiger partial charge in [-0.2, -0.15) is 10.3 Å². The van der Waals surface area contributed by atoms with Crippen LogP contribution < -0.4 is 5.73 Å². The lowest BCUT2D eigenvalue weighted by Crippen LogP contribution is -2.07. The molecule has 0 amide bonds. The summed E-state index contributed by atoms with van der Waals surface area (Å²) in [6, 6.07) is 19.3. The monoisotopic (exact) mass is 331 g/mol. The van der Waals surface area contributed by atoms with Crippen LogP contribution in [0.1, 0.15) is 22.6 Å². The van der Waals surface area contributed by atoms with Crippen molar-refractivity contribution in [1.82, 2.24) is 20.4 Å². The van der Waals surface area contributed by atoms with Crippen LogP contribution in [-0.4, -0.2) is 25.5 Å². The van der Waals surface area contributed by atoms with Crippen LogP contribution in [0.25, 0.3) is 11.2 Å². The van der Waals surface area contributed by atoms with Crippen LogP contribution in [0.3, 0.4) is 0 Å². The van der Waals surface area contributed by atoms with Crippen LogP contribution in [0.4, 0.5) is 5.82 Å². The number of nitrogens with one attached hydrogen (secondary N) is 1. The van der Waals surface area contributed by atoms with Gasteiger partial charge in [0, 0.05) is 5.92 Å². The average Bonchev–Trinajstić information content (AvgIpc) is 3.10. The Morgan fingerprint density at radius 1 is 1.00 bits per heavy atom. The molecule has 4 aromatic rings. The summed E-state index contributed by atoms with van der Waals surface area (Å²) in [6.07, 6.45) is 0.746. The van der Waals surface area contributed by atoms with Gasteiger partial charge in [0.25, 0.3) is 0 Å². The normalized spacial score (nSPS) is 12.3. The number of rotatable bonds is 4. The summed E-state index contributed by atoms with van der Waals surface area (Å²) in [6.45, 7) is 0. The number of nitrogens with two attached hydrogens (primary N) is 1. The molecule has 2 heterocycles. The van der Waals surface area contributed by atoms with E-state index in [0.29, 0.717) is 11.5 Å². The van der Waals surface area contributed by atoms with E-state index in [2.05, 4.69) is 32.5 Å². The second-order valence-electron chi connectivity index (χ2n) is 5.97. The predicted molar refractivity (Wildman–Crippen MR) is 96.2 cm³/mol. The molecule has 0 saturated carbocycles. The number of hydrogen-bond donors (Lipinski definition) is 3. The number of pyridine rings is 1. The van der Waals surface area contributed by atoms with Gasteiger partial charge in [0.2, 0.25) is 5.65 Å². The Labute approximate surface area is 144 Å². The van der Waals surface area contributed by atoms with Gasteiger partial charge in [0.1, 0.15) is 17.1 Å². The number of phenols is 1. The van der Waals surface area contributed by atoms with E-state index >= 15 is 0 Å². The van der Waals surface area contributed by atoms with Crippen molar-refractivity contribution in [3.05, 3.63) is 77.4 Å². The van der Waals surface area contributed by atoms with Crippen LogP contribution in [0, 0.1) is 0 Å². The molecule has 1 atom stereocenters. The van der Waals surface area contributed by atoms with Crippen molar-refractivity contribution in [3.63, 3.8) is 0 Å². The zero-order chi connectivity index (χ0) is 17.2. The fourth-order valence-corrected chi connectivity index (χ4v) is 3.11. The maximum Gasteiger partial charge on any atom is 0.203 e. The molecule has 0 spiro atoms. The number of H-pyrrole nitrogens is 1. The highest BCUT2D eigenvalue weighted by molar-refractivity contribution is 5.77. The van der Waals surface area contributed by atoms with E-state index in [-0.39, 0.29) is 11.7 Å². The zero-order valence-corrected chi connectivity index (χ0v) is 13.4. The minimum Gasteiger partial charge on any atom is -0.508 e. The Hall–Kier alpha value is -3.41. The molecule has 0 fully saturated rings. The van der Waals surface area contributed by atoms with Gasteiger partial charge in [-0.05, 0) is 41.3 Å². The van der Waals surface area contributed by atoms with Gasteiger partial charge in [0.05, 0.1) is 0 Å². The number of aromatic nitrogens is 4. The van der Waals surface area contributed by atoms with Crippen LogP contribution in [0.15, 0.2) is 60.7 Å². The van der Waals surface area contributed by atoms with E-state index in [1.807, 2.05) is 36.4 Å². The molecule has 6 nitrogen and oxygen atoms in total. The van der Waals surface area contributed by atoms with Crippen molar-refractivity contribution in [2.75, 3.05) is 5.73 Å². The Morgan fingerprint density at radius 3 is 2.52 bits per heavy atom. The lowest BCUT2D eigenvalue weighted by Gasteiger charge is -2.19. The van der Waals surface area contributed by atoms with E-state index in [4.69, 9.17) is 5.73 Å². The van der Waals surface area contributed by atoms with E-state index in [1.54, 1.807) is 12.1 Å². The Morgan fingerprint density at radius 2 is 1.76 bits per heavy atom. The standard InChI is InChI=1S/C19H17N5O/c20-17-11-16(18-19(21-17)23-24-22-18)15(13-4-2-1-3-5-13)10-12-6-8-14(25)9-7-12/h1-9,11,15,25H,10H2,(H3,20,21,22,23,24). The molecule has 2 aromatic carbocycles. The van der Waals surface area contributed by atoms with Crippen molar-refractivity contribution in [2.24, 2.45) is 0 Å². The molecular formula is C19H17N5O. The fraction of sp³-hybridized carbons (Fsp3) is 0.105. The van der Waals surface area contributed by atoms with Crippen LogP contribution in [0.2, 0.25) is 0 Å². The van der Waals surface area contributed by atoms with Gasteiger partial charge in [-0.25, -0.2) is 4.98 Å². The molecule has 6 heteroatoms. The van der Waals surface area contributed by atoms with Gasteiger partial charge in [-0.3, -0.25) is 0 Å². The maximum atomic E-state index is 9.53. The number of benzene rings is 2. The van der Waals surface area contributed by atoms with Gasteiger partial charge in [0.15, 0.2) is 0 Å². The number of nitrogen functional groups attached to an aromatic ring is 1. The van der Waals surface area contributed by atoms with Gasteiger partial charge in [-0.15, -0.1) is 5.10 Å². The molecule has 4 rings (SSSR count). The molecule has 0 aliphatic rings. The molecular weight excluding hydrogens is 314 g/mol. The van der Waals surface area contributed by atoms with E-state index < -0.39 is 0 Å². The second-order valence-corrected chi connectivity index (χ2v) is 5.97. The van der Waals surface area contributed by atoms with Crippen molar-refractivity contribution >= 4 is 17.0 Å². The SMILES string of the molecule is Nc1cc(C(Cc2ccc(O)cc2)c2ccccc2)c2n[nH]nc2n1. The fourth-order valence-electron chi connectivity index (χ4n) is 3.11. The Kier molecular flexibility index (Phi) is 3.78. The number of phenolic OH excluding ortho intramolecular Hbond substituents is 1. The number of hydrogen-bond acceptors (Lipinski definition) is 5. The first-order chi connectivity index (χ1) is 12.2. The molecule has 0 radical (unpaired) electrons. The highest BCUT2D eigenvalue weighted by Gasteiger charge is 2.20. The van der Waals surface area contributed by atoms with E-state index in [1.165, 1.54) is 0 Å². The van der Waals surface area contributed by atoms with E-state index in [0.717, 1.165) is 28.6 Å². The predicted octanol–water partition coefficient (Wildman–Crippen LogP) is 3.02. The summed E-state index contributed by atoms with van der Waals surface area (Å²) in [7, 11) is 0. The average molecular weight is 331 g/mol. The lowest BCUT2D eigenvalue weighted by atomic mass is 9.85. The number of anilines is 1. The minimum absolute atomic E-state index is 0.0450. The zero-order valence-electron chi connectivity index (χ0n) is 13.4. The quantitative estimate of drug-likeness (QED) is 0.533.